The molecule has 0 atom stereocenters. The van der Waals surface area contributed by atoms with Crippen molar-refractivity contribution < 1.29 is 9.47 Å². The molecule has 0 aliphatic carbocycles. The highest BCUT2D eigenvalue weighted by Gasteiger charge is 2.12. The standard InChI is InChI=1S/C11H13NS.C9H8ClNO2S/c1-11(2,3)9-4-6-10(7-5-9)12-8-13;1-12-8-4-9(13-2)7(11-5-14)3-6(8)10/h4-7H,1-3H3;3-4H,1-2H3. The van der Waals surface area contributed by atoms with E-state index in [1.54, 1.807) is 12.1 Å². The van der Waals surface area contributed by atoms with Crippen LogP contribution in [-0.2, 0) is 5.41 Å². The fourth-order valence-corrected chi connectivity index (χ4v) is 2.51. The van der Waals surface area contributed by atoms with E-state index >= 15 is 0 Å². The maximum atomic E-state index is 5.89. The second-order valence-corrected chi connectivity index (χ2v) is 7.13. The largest absolute Gasteiger partial charge is 0.495 e. The van der Waals surface area contributed by atoms with Gasteiger partial charge in [0.15, 0.2) is 0 Å². The normalized spacial score (nSPS) is 9.85. The van der Waals surface area contributed by atoms with Crippen LogP contribution in [0.15, 0.2) is 46.4 Å². The lowest BCUT2D eigenvalue weighted by molar-refractivity contribution is 0.395. The first-order valence-corrected chi connectivity index (χ1v) is 9.14. The maximum absolute atomic E-state index is 5.89. The van der Waals surface area contributed by atoms with Crippen molar-refractivity contribution in [1.29, 1.82) is 0 Å². The molecule has 0 unspecified atom stereocenters. The molecule has 7 heteroatoms. The first-order chi connectivity index (χ1) is 12.8. The van der Waals surface area contributed by atoms with Crippen LogP contribution in [-0.4, -0.2) is 24.5 Å². The van der Waals surface area contributed by atoms with Gasteiger partial charge in [-0.3, -0.25) is 0 Å². The zero-order valence-corrected chi connectivity index (χ0v) is 18.3. The van der Waals surface area contributed by atoms with E-state index in [-0.39, 0.29) is 5.41 Å². The lowest BCUT2D eigenvalue weighted by Gasteiger charge is -2.18. The van der Waals surface area contributed by atoms with Crippen molar-refractivity contribution in [2.45, 2.75) is 26.2 Å². The molecule has 0 saturated heterocycles. The molecule has 2 rings (SSSR count). The summed E-state index contributed by atoms with van der Waals surface area (Å²) in [5, 5.41) is 5.06. The topological polar surface area (TPSA) is 43.2 Å². The minimum atomic E-state index is 0.194. The Hall–Kier alpha value is -2.07. The Kier molecular flexibility index (Phi) is 9.30. The molecule has 142 valence electrons. The van der Waals surface area contributed by atoms with Gasteiger partial charge in [0.2, 0.25) is 0 Å². The van der Waals surface area contributed by atoms with Crippen LogP contribution in [0.5, 0.6) is 11.5 Å². The number of rotatable bonds is 4. The number of hydrogen-bond acceptors (Lipinski definition) is 6. The number of benzene rings is 2. The second-order valence-electron chi connectivity index (χ2n) is 6.36. The summed E-state index contributed by atoms with van der Waals surface area (Å²) in [6.07, 6.45) is 0. The van der Waals surface area contributed by atoms with Crippen LogP contribution in [0.2, 0.25) is 5.02 Å². The van der Waals surface area contributed by atoms with E-state index in [1.807, 2.05) is 12.1 Å². The van der Waals surface area contributed by atoms with Gasteiger partial charge >= 0.3 is 0 Å². The number of methoxy groups -OCH3 is 2. The molecule has 0 N–H and O–H groups in total. The maximum Gasteiger partial charge on any atom is 0.149 e. The highest BCUT2D eigenvalue weighted by atomic mass is 35.5. The molecule has 0 spiro atoms. The Morgan fingerprint density at radius 2 is 1.44 bits per heavy atom. The van der Waals surface area contributed by atoms with Gasteiger partial charge < -0.3 is 9.47 Å². The molecule has 0 saturated carbocycles. The van der Waals surface area contributed by atoms with Crippen LogP contribution < -0.4 is 9.47 Å². The SMILES string of the molecule is CC(C)(C)c1ccc(N=C=S)cc1.COc1cc(OC)c(N=C=S)cc1Cl. The smallest absolute Gasteiger partial charge is 0.149 e. The van der Waals surface area contributed by atoms with E-state index in [0.717, 1.165) is 5.69 Å². The van der Waals surface area contributed by atoms with Crippen molar-refractivity contribution in [3.63, 3.8) is 0 Å². The molecule has 0 heterocycles. The molecule has 0 radical (unpaired) electrons. The Labute approximate surface area is 175 Å². The fourth-order valence-electron chi connectivity index (χ4n) is 2.07. The summed E-state index contributed by atoms with van der Waals surface area (Å²) in [6, 6.07) is 11.3. The predicted octanol–water partition coefficient (Wildman–Crippen LogP) is 6.81. The van der Waals surface area contributed by atoms with Gasteiger partial charge in [-0.25, -0.2) is 0 Å². The van der Waals surface area contributed by atoms with Crippen molar-refractivity contribution in [3.8, 4) is 11.5 Å². The third kappa shape index (κ3) is 7.22. The fraction of sp³-hybridized carbons (Fsp3) is 0.300. The van der Waals surface area contributed by atoms with Crippen LogP contribution in [0.25, 0.3) is 0 Å². The first-order valence-electron chi connectivity index (χ1n) is 7.94. The Morgan fingerprint density at radius 1 is 0.889 bits per heavy atom. The van der Waals surface area contributed by atoms with Crippen molar-refractivity contribution >= 4 is 57.7 Å². The summed E-state index contributed by atoms with van der Waals surface area (Å²) < 4.78 is 10.1. The van der Waals surface area contributed by atoms with E-state index in [9.17, 15) is 0 Å². The molecule has 4 nitrogen and oxygen atoms in total. The van der Waals surface area contributed by atoms with Gasteiger partial charge in [-0.05, 0) is 53.6 Å². The molecule has 2 aromatic rings. The molecule has 0 aromatic heterocycles. The number of isothiocyanates is 2. The van der Waals surface area contributed by atoms with Crippen LogP contribution in [0.1, 0.15) is 26.3 Å². The quantitative estimate of drug-likeness (QED) is 0.402. The summed E-state index contributed by atoms with van der Waals surface area (Å²) in [5.74, 6) is 1.08. The van der Waals surface area contributed by atoms with Gasteiger partial charge in [-0.1, -0.05) is 44.5 Å². The van der Waals surface area contributed by atoms with E-state index in [1.165, 1.54) is 19.8 Å². The van der Waals surface area contributed by atoms with Crippen molar-refractivity contribution in [2.75, 3.05) is 14.2 Å². The summed E-state index contributed by atoms with van der Waals surface area (Å²) in [5.41, 5.74) is 2.90. The van der Waals surface area contributed by atoms with E-state index < -0.39 is 0 Å². The molecular formula is C20H21ClN2O2S2. The summed E-state index contributed by atoms with van der Waals surface area (Å²) in [7, 11) is 3.06. The summed E-state index contributed by atoms with van der Waals surface area (Å²) in [6.45, 7) is 6.55. The van der Waals surface area contributed by atoms with Crippen molar-refractivity contribution in [1.82, 2.24) is 0 Å². The van der Waals surface area contributed by atoms with Crippen LogP contribution in [0, 0.1) is 0 Å². The van der Waals surface area contributed by atoms with Gasteiger partial charge in [0.25, 0.3) is 0 Å². The van der Waals surface area contributed by atoms with Crippen LogP contribution in [0.3, 0.4) is 0 Å². The Balaban J connectivity index is 0.000000271. The number of thiocarbonyl (C=S) groups is 2. The van der Waals surface area contributed by atoms with Gasteiger partial charge in [-0.15, -0.1) is 0 Å². The Bertz CT molecular complexity index is 865. The van der Waals surface area contributed by atoms with Crippen molar-refractivity contribution in [3.05, 3.63) is 47.0 Å². The van der Waals surface area contributed by atoms with Gasteiger partial charge in [0.05, 0.1) is 35.3 Å². The third-order valence-electron chi connectivity index (χ3n) is 3.53. The lowest BCUT2D eigenvalue weighted by Crippen LogP contribution is -2.10. The Morgan fingerprint density at radius 3 is 1.89 bits per heavy atom. The lowest BCUT2D eigenvalue weighted by atomic mass is 9.87. The van der Waals surface area contributed by atoms with Crippen LogP contribution >= 0.6 is 36.0 Å². The number of hydrogen-bond donors (Lipinski definition) is 0. The third-order valence-corrected chi connectivity index (χ3v) is 4.01. The molecule has 0 aliphatic heterocycles. The number of halogens is 1. The highest BCUT2D eigenvalue weighted by Crippen LogP contribution is 2.37. The number of nitrogens with zero attached hydrogens (tertiary/aromatic N) is 2. The average Bonchev–Trinajstić information content (AvgIpc) is 2.63. The first kappa shape index (κ1) is 23.0. The van der Waals surface area contributed by atoms with Gasteiger partial charge in [-0.2, -0.15) is 9.98 Å². The number of ether oxygens (including phenoxy) is 2. The second kappa shape index (κ2) is 10.9. The highest BCUT2D eigenvalue weighted by molar-refractivity contribution is 7.78. The van der Waals surface area contributed by atoms with E-state index in [4.69, 9.17) is 21.1 Å². The molecule has 0 amide bonds. The van der Waals surface area contributed by atoms with Gasteiger partial charge in [0, 0.05) is 6.07 Å². The van der Waals surface area contributed by atoms with Gasteiger partial charge in [0.1, 0.15) is 17.2 Å². The molecule has 0 fully saturated rings. The van der Waals surface area contributed by atoms with Crippen molar-refractivity contribution in [2.24, 2.45) is 9.98 Å². The molecule has 0 bridgehead atoms. The molecule has 0 aliphatic rings. The minimum absolute atomic E-state index is 0.194. The monoisotopic (exact) mass is 420 g/mol. The minimum Gasteiger partial charge on any atom is -0.495 e. The van der Waals surface area contributed by atoms with Crippen LogP contribution in [0.4, 0.5) is 11.4 Å². The summed E-state index contributed by atoms with van der Waals surface area (Å²) in [4.78, 5) is 7.71. The molecular weight excluding hydrogens is 400 g/mol. The number of aliphatic imine (C=N–C) groups is 2. The average molecular weight is 421 g/mol. The molecule has 27 heavy (non-hydrogen) atoms. The zero-order chi connectivity index (χ0) is 20.4. The zero-order valence-electron chi connectivity index (χ0n) is 15.9. The van der Waals surface area contributed by atoms with E-state index in [2.05, 4.69) is 77.6 Å². The molecule has 2 aromatic carbocycles. The van der Waals surface area contributed by atoms with E-state index in [0.29, 0.717) is 22.2 Å². The predicted molar refractivity (Wildman–Crippen MR) is 119 cm³/mol. The summed E-state index contributed by atoms with van der Waals surface area (Å²) >= 11 is 14.9.